The summed E-state index contributed by atoms with van der Waals surface area (Å²) in [7, 11) is 0. The van der Waals surface area contributed by atoms with E-state index in [9.17, 15) is 0 Å². The normalized spacial score (nSPS) is 11.8. The number of aliphatic imine (C=N–C) groups is 1. The maximum Gasteiger partial charge on any atom is 0.216 e. The van der Waals surface area contributed by atoms with Gasteiger partial charge in [0.1, 0.15) is 12.3 Å². The zero-order valence-corrected chi connectivity index (χ0v) is 18.6. The Hall–Kier alpha value is -1.64. The van der Waals surface area contributed by atoms with Gasteiger partial charge in [-0.25, -0.2) is 9.98 Å². The Kier molecular flexibility index (Phi) is 9.04. The second kappa shape index (κ2) is 10.5. The standard InChI is InChI=1S/C19H29N5O.HI/c1-6-21-18(22-10-8-15-7-9-20-11-14(15)2)24-13-17-23-12-16(25-17)19(3,4)5;/h7,9,11-12H,6,8,10,13H2,1-5H3,(H2,21,22,24);1H. The van der Waals surface area contributed by atoms with Crippen molar-refractivity contribution in [2.75, 3.05) is 13.1 Å². The average molecular weight is 471 g/mol. The number of rotatable bonds is 6. The van der Waals surface area contributed by atoms with E-state index < -0.39 is 0 Å². The Morgan fingerprint density at radius 3 is 2.62 bits per heavy atom. The molecule has 0 aliphatic rings. The summed E-state index contributed by atoms with van der Waals surface area (Å²) >= 11 is 0. The number of guanidine groups is 1. The molecule has 2 N–H and O–H groups in total. The van der Waals surface area contributed by atoms with Gasteiger partial charge in [0.05, 0.1) is 6.20 Å². The van der Waals surface area contributed by atoms with E-state index in [0.29, 0.717) is 12.4 Å². The van der Waals surface area contributed by atoms with E-state index in [4.69, 9.17) is 4.42 Å². The molecule has 2 rings (SSSR count). The first-order valence-corrected chi connectivity index (χ1v) is 8.77. The maximum atomic E-state index is 5.79. The molecule has 26 heavy (non-hydrogen) atoms. The van der Waals surface area contributed by atoms with Crippen molar-refractivity contribution in [3.8, 4) is 0 Å². The van der Waals surface area contributed by atoms with Crippen LogP contribution in [0.25, 0.3) is 0 Å². The molecule has 0 saturated carbocycles. The van der Waals surface area contributed by atoms with Crippen molar-refractivity contribution in [1.82, 2.24) is 20.6 Å². The molecule has 0 fully saturated rings. The Morgan fingerprint density at radius 1 is 1.23 bits per heavy atom. The third-order valence-electron chi connectivity index (χ3n) is 3.83. The number of aromatic nitrogens is 2. The number of hydrogen-bond donors (Lipinski definition) is 2. The molecule has 0 bridgehead atoms. The molecular formula is C19H30IN5O. The topological polar surface area (TPSA) is 75.3 Å². The summed E-state index contributed by atoms with van der Waals surface area (Å²) < 4.78 is 5.79. The molecule has 2 heterocycles. The monoisotopic (exact) mass is 471 g/mol. The van der Waals surface area contributed by atoms with Crippen LogP contribution in [0.5, 0.6) is 0 Å². The van der Waals surface area contributed by atoms with Gasteiger partial charge in [0.2, 0.25) is 5.89 Å². The first-order chi connectivity index (χ1) is 11.9. The van der Waals surface area contributed by atoms with Crippen molar-refractivity contribution in [3.05, 3.63) is 47.4 Å². The molecule has 0 saturated heterocycles. The SMILES string of the molecule is CCNC(=NCc1ncc(C(C)(C)C)o1)NCCc1ccncc1C.I. The van der Waals surface area contributed by atoms with E-state index in [0.717, 1.165) is 31.2 Å². The summed E-state index contributed by atoms with van der Waals surface area (Å²) in [5, 5.41) is 6.60. The van der Waals surface area contributed by atoms with Crippen LogP contribution in [0.3, 0.4) is 0 Å². The number of nitrogens with one attached hydrogen (secondary N) is 2. The quantitative estimate of drug-likeness (QED) is 0.383. The van der Waals surface area contributed by atoms with Gasteiger partial charge in [-0.2, -0.15) is 0 Å². The highest BCUT2D eigenvalue weighted by Gasteiger charge is 2.18. The molecular weight excluding hydrogens is 441 g/mol. The van der Waals surface area contributed by atoms with Crippen molar-refractivity contribution in [3.63, 3.8) is 0 Å². The molecule has 0 aliphatic heterocycles. The lowest BCUT2D eigenvalue weighted by Crippen LogP contribution is -2.38. The zero-order valence-electron chi connectivity index (χ0n) is 16.3. The van der Waals surface area contributed by atoms with Crippen molar-refractivity contribution >= 4 is 29.9 Å². The van der Waals surface area contributed by atoms with Crippen molar-refractivity contribution in [2.45, 2.75) is 53.0 Å². The fourth-order valence-corrected chi connectivity index (χ4v) is 2.32. The second-order valence-electron chi connectivity index (χ2n) is 7.04. The minimum atomic E-state index is -0.0416. The van der Waals surface area contributed by atoms with Gasteiger partial charge in [0.25, 0.3) is 0 Å². The van der Waals surface area contributed by atoms with Gasteiger partial charge in [-0.3, -0.25) is 4.98 Å². The third kappa shape index (κ3) is 6.93. The predicted octanol–water partition coefficient (Wildman–Crippen LogP) is 3.59. The van der Waals surface area contributed by atoms with E-state index in [1.807, 2.05) is 19.3 Å². The molecule has 6 nitrogen and oxygen atoms in total. The van der Waals surface area contributed by atoms with E-state index in [1.54, 1.807) is 6.20 Å². The summed E-state index contributed by atoms with van der Waals surface area (Å²) in [5.74, 6) is 2.28. The lowest BCUT2D eigenvalue weighted by molar-refractivity contribution is 0.383. The van der Waals surface area contributed by atoms with Crippen LogP contribution in [-0.4, -0.2) is 29.0 Å². The van der Waals surface area contributed by atoms with Crippen LogP contribution in [0.2, 0.25) is 0 Å². The van der Waals surface area contributed by atoms with Crippen LogP contribution in [0.4, 0.5) is 0 Å². The second-order valence-corrected chi connectivity index (χ2v) is 7.04. The highest BCUT2D eigenvalue weighted by Crippen LogP contribution is 2.22. The maximum absolute atomic E-state index is 5.79. The molecule has 0 aromatic carbocycles. The first kappa shape index (κ1) is 22.4. The molecule has 0 atom stereocenters. The zero-order chi connectivity index (χ0) is 18.3. The van der Waals surface area contributed by atoms with Gasteiger partial charge in [0, 0.05) is 30.9 Å². The van der Waals surface area contributed by atoms with E-state index >= 15 is 0 Å². The minimum Gasteiger partial charge on any atom is -0.443 e. The first-order valence-electron chi connectivity index (χ1n) is 8.77. The number of nitrogens with zero attached hydrogens (tertiary/aromatic N) is 3. The number of oxazole rings is 1. The number of pyridine rings is 1. The Labute approximate surface area is 173 Å². The smallest absolute Gasteiger partial charge is 0.216 e. The van der Waals surface area contributed by atoms with Gasteiger partial charge in [0.15, 0.2) is 5.96 Å². The summed E-state index contributed by atoms with van der Waals surface area (Å²) in [5.41, 5.74) is 2.46. The molecule has 2 aromatic heterocycles. The summed E-state index contributed by atoms with van der Waals surface area (Å²) in [6.45, 7) is 12.5. The Morgan fingerprint density at radius 2 is 2.00 bits per heavy atom. The minimum absolute atomic E-state index is 0. The summed E-state index contributed by atoms with van der Waals surface area (Å²) in [6, 6.07) is 2.06. The molecule has 0 unspecified atom stereocenters. The molecule has 7 heteroatoms. The highest BCUT2D eigenvalue weighted by molar-refractivity contribution is 14.0. The van der Waals surface area contributed by atoms with Gasteiger partial charge in [-0.05, 0) is 37.5 Å². The highest BCUT2D eigenvalue weighted by atomic mass is 127. The van der Waals surface area contributed by atoms with Crippen LogP contribution in [0.1, 0.15) is 50.5 Å². The molecule has 0 amide bonds. The van der Waals surface area contributed by atoms with Crippen LogP contribution in [0.15, 0.2) is 34.1 Å². The summed E-state index contributed by atoms with van der Waals surface area (Å²) in [6.07, 6.45) is 6.43. The predicted molar refractivity (Wildman–Crippen MR) is 116 cm³/mol. The van der Waals surface area contributed by atoms with Crippen LogP contribution >= 0.6 is 24.0 Å². The van der Waals surface area contributed by atoms with Crippen molar-refractivity contribution in [1.29, 1.82) is 0 Å². The average Bonchev–Trinajstić information content (AvgIpc) is 3.03. The fraction of sp³-hybridized carbons (Fsp3) is 0.526. The van der Waals surface area contributed by atoms with Crippen LogP contribution < -0.4 is 10.6 Å². The van der Waals surface area contributed by atoms with E-state index in [2.05, 4.69) is 59.4 Å². The van der Waals surface area contributed by atoms with E-state index in [1.165, 1.54) is 11.1 Å². The number of aryl methyl sites for hydroxylation is 1. The number of hydrogen-bond acceptors (Lipinski definition) is 4. The molecule has 144 valence electrons. The lowest BCUT2D eigenvalue weighted by Gasteiger charge is -2.13. The Bertz CT molecular complexity index is 706. The molecule has 2 aromatic rings. The Balaban J connectivity index is 0.00000338. The fourth-order valence-electron chi connectivity index (χ4n) is 2.32. The largest absolute Gasteiger partial charge is 0.443 e. The van der Waals surface area contributed by atoms with Gasteiger partial charge in [-0.15, -0.1) is 24.0 Å². The molecule has 0 aliphatic carbocycles. The van der Waals surface area contributed by atoms with Crippen molar-refractivity contribution in [2.24, 2.45) is 4.99 Å². The lowest BCUT2D eigenvalue weighted by atomic mass is 9.94. The van der Waals surface area contributed by atoms with E-state index in [-0.39, 0.29) is 29.4 Å². The van der Waals surface area contributed by atoms with Gasteiger partial charge in [-0.1, -0.05) is 20.8 Å². The number of halogens is 1. The van der Waals surface area contributed by atoms with Crippen LogP contribution in [-0.2, 0) is 18.4 Å². The van der Waals surface area contributed by atoms with Gasteiger partial charge < -0.3 is 15.1 Å². The third-order valence-corrected chi connectivity index (χ3v) is 3.83. The molecule has 0 spiro atoms. The molecule has 0 radical (unpaired) electrons. The van der Waals surface area contributed by atoms with Crippen LogP contribution in [0, 0.1) is 6.92 Å². The summed E-state index contributed by atoms with van der Waals surface area (Å²) in [4.78, 5) is 13.0. The van der Waals surface area contributed by atoms with Crippen molar-refractivity contribution < 1.29 is 4.42 Å². The van der Waals surface area contributed by atoms with Gasteiger partial charge >= 0.3 is 0 Å².